The molecule has 2 aliphatic rings. The molecule has 1 aromatic carbocycles. The summed E-state index contributed by atoms with van der Waals surface area (Å²) in [6.07, 6.45) is 9.52. The molecule has 0 N–H and O–H groups in total. The maximum absolute atomic E-state index is 12.5. The van der Waals surface area contributed by atoms with Crippen LogP contribution in [0.1, 0.15) is 31.4 Å². The van der Waals surface area contributed by atoms with Gasteiger partial charge in [0.15, 0.2) is 0 Å². The molecule has 32 heavy (non-hydrogen) atoms. The van der Waals surface area contributed by atoms with Crippen LogP contribution in [0.2, 0.25) is 0 Å². The summed E-state index contributed by atoms with van der Waals surface area (Å²) < 4.78 is 13.5. The third-order valence-corrected chi connectivity index (χ3v) is 6.53. The predicted octanol–water partition coefficient (Wildman–Crippen LogP) is 3.95. The number of benzene rings is 1. The SMILES string of the molecule is O=C(N1CCCC1)N1CCC(COc2coc(Cn3cc4ccccc4c3)cc2=O)CC1. The minimum atomic E-state index is -0.162. The number of piperidine rings is 1. The Bertz CT molecular complexity index is 1100. The van der Waals surface area contributed by atoms with Crippen molar-refractivity contribution in [1.29, 1.82) is 0 Å². The van der Waals surface area contributed by atoms with E-state index < -0.39 is 0 Å². The van der Waals surface area contributed by atoms with E-state index in [9.17, 15) is 9.59 Å². The Morgan fingerprint density at radius 2 is 1.66 bits per heavy atom. The van der Waals surface area contributed by atoms with Crippen molar-refractivity contribution in [3.05, 3.63) is 65.0 Å². The van der Waals surface area contributed by atoms with Crippen molar-refractivity contribution in [2.24, 2.45) is 5.92 Å². The van der Waals surface area contributed by atoms with Crippen LogP contribution in [0.4, 0.5) is 4.79 Å². The summed E-state index contributed by atoms with van der Waals surface area (Å²) in [5.41, 5.74) is -0.162. The summed E-state index contributed by atoms with van der Waals surface area (Å²) in [4.78, 5) is 28.9. The van der Waals surface area contributed by atoms with E-state index in [-0.39, 0.29) is 17.2 Å². The first kappa shape index (κ1) is 20.7. The molecule has 3 aromatic rings. The monoisotopic (exact) mass is 435 g/mol. The second kappa shape index (κ2) is 9.10. The number of carbonyl (C=O) groups excluding carboxylic acids is 1. The van der Waals surface area contributed by atoms with Crippen molar-refractivity contribution in [3.8, 4) is 5.75 Å². The lowest BCUT2D eigenvalue weighted by Crippen LogP contribution is -2.46. The fourth-order valence-electron chi connectivity index (χ4n) is 4.65. The molecule has 0 atom stereocenters. The molecule has 0 aliphatic carbocycles. The zero-order valence-electron chi connectivity index (χ0n) is 18.2. The lowest BCUT2D eigenvalue weighted by atomic mass is 9.98. The summed E-state index contributed by atoms with van der Waals surface area (Å²) >= 11 is 0. The van der Waals surface area contributed by atoms with Gasteiger partial charge in [0, 0.05) is 44.6 Å². The number of fused-ring (bicyclic) bond motifs is 1. The summed E-state index contributed by atoms with van der Waals surface area (Å²) in [6.45, 7) is 4.24. The topological polar surface area (TPSA) is 67.9 Å². The highest BCUT2D eigenvalue weighted by molar-refractivity contribution is 5.82. The lowest BCUT2D eigenvalue weighted by molar-refractivity contribution is 0.123. The standard InChI is InChI=1S/C25H29N3O4/c29-23-13-22(16-26-14-20-5-1-2-6-21(20)15-26)31-18-24(23)32-17-19-7-11-28(12-8-19)25(30)27-9-3-4-10-27/h1-2,5-6,13-15,18-19H,3-4,7-12,16-17H2. The highest BCUT2D eigenvalue weighted by Gasteiger charge is 2.28. The van der Waals surface area contributed by atoms with Crippen molar-refractivity contribution >= 4 is 16.8 Å². The Morgan fingerprint density at radius 3 is 2.31 bits per heavy atom. The molecular formula is C25H29N3O4. The van der Waals surface area contributed by atoms with Gasteiger partial charge in [-0.15, -0.1) is 0 Å². The minimum Gasteiger partial charge on any atom is -0.486 e. The number of carbonyl (C=O) groups is 1. The molecule has 7 heteroatoms. The van der Waals surface area contributed by atoms with Crippen LogP contribution in [0.15, 0.2) is 58.2 Å². The van der Waals surface area contributed by atoms with Crippen LogP contribution >= 0.6 is 0 Å². The van der Waals surface area contributed by atoms with Crippen molar-refractivity contribution < 1.29 is 13.9 Å². The van der Waals surface area contributed by atoms with E-state index >= 15 is 0 Å². The first-order valence-electron chi connectivity index (χ1n) is 11.5. The highest BCUT2D eigenvalue weighted by Crippen LogP contribution is 2.21. The Balaban J connectivity index is 1.13. The van der Waals surface area contributed by atoms with E-state index in [1.54, 1.807) is 0 Å². The summed E-state index contributed by atoms with van der Waals surface area (Å²) in [7, 11) is 0. The number of urea groups is 1. The summed E-state index contributed by atoms with van der Waals surface area (Å²) in [5, 5.41) is 2.31. The van der Waals surface area contributed by atoms with Crippen molar-refractivity contribution in [2.75, 3.05) is 32.8 Å². The van der Waals surface area contributed by atoms with Crippen molar-refractivity contribution in [1.82, 2.24) is 14.4 Å². The fraction of sp³-hybridized carbons (Fsp3) is 0.440. The van der Waals surface area contributed by atoms with Crippen LogP contribution in [0, 0.1) is 5.92 Å². The van der Waals surface area contributed by atoms with E-state index in [0.29, 0.717) is 24.8 Å². The summed E-state index contributed by atoms with van der Waals surface area (Å²) in [6, 6.07) is 9.82. The molecule has 0 spiro atoms. The number of hydrogen-bond acceptors (Lipinski definition) is 4. The number of ether oxygens (including phenoxy) is 1. The highest BCUT2D eigenvalue weighted by atomic mass is 16.5. The maximum Gasteiger partial charge on any atom is 0.319 e. The van der Waals surface area contributed by atoms with Crippen LogP contribution < -0.4 is 10.2 Å². The minimum absolute atomic E-state index is 0.162. The molecule has 0 saturated carbocycles. The lowest BCUT2D eigenvalue weighted by Gasteiger charge is -2.34. The van der Waals surface area contributed by atoms with Gasteiger partial charge in [-0.1, -0.05) is 24.3 Å². The average molecular weight is 436 g/mol. The second-order valence-corrected chi connectivity index (χ2v) is 8.85. The number of aromatic nitrogens is 1. The average Bonchev–Trinajstić information content (AvgIpc) is 3.48. The van der Waals surface area contributed by atoms with Gasteiger partial charge < -0.3 is 23.5 Å². The molecule has 2 saturated heterocycles. The molecule has 7 nitrogen and oxygen atoms in total. The van der Waals surface area contributed by atoms with E-state index in [4.69, 9.17) is 9.15 Å². The largest absolute Gasteiger partial charge is 0.486 e. The van der Waals surface area contributed by atoms with Crippen LogP contribution in [0.3, 0.4) is 0 Å². The van der Waals surface area contributed by atoms with Crippen LogP contribution in [0.5, 0.6) is 5.75 Å². The van der Waals surface area contributed by atoms with Gasteiger partial charge >= 0.3 is 6.03 Å². The van der Waals surface area contributed by atoms with Gasteiger partial charge in [0.25, 0.3) is 0 Å². The van der Waals surface area contributed by atoms with Crippen LogP contribution in [0.25, 0.3) is 10.8 Å². The molecule has 2 aliphatic heterocycles. The van der Waals surface area contributed by atoms with Gasteiger partial charge in [-0.25, -0.2) is 4.79 Å². The van der Waals surface area contributed by atoms with Gasteiger partial charge in [-0.05, 0) is 42.4 Å². The van der Waals surface area contributed by atoms with Crippen LogP contribution in [-0.4, -0.2) is 53.2 Å². The summed E-state index contributed by atoms with van der Waals surface area (Å²) in [5.74, 6) is 1.18. The van der Waals surface area contributed by atoms with Gasteiger partial charge in [-0.3, -0.25) is 4.79 Å². The maximum atomic E-state index is 12.5. The first-order chi connectivity index (χ1) is 15.7. The molecule has 4 heterocycles. The smallest absolute Gasteiger partial charge is 0.319 e. The van der Waals surface area contributed by atoms with Crippen molar-refractivity contribution in [2.45, 2.75) is 32.2 Å². The Morgan fingerprint density at radius 1 is 1.00 bits per heavy atom. The molecule has 2 amide bonds. The molecule has 168 valence electrons. The third kappa shape index (κ3) is 4.52. The predicted molar refractivity (Wildman–Crippen MR) is 122 cm³/mol. The Labute approximate surface area is 187 Å². The van der Waals surface area contributed by atoms with E-state index in [1.165, 1.54) is 12.3 Å². The number of rotatable bonds is 5. The van der Waals surface area contributed by atoms with Gasteiger partial charge in [0.05, 0.1) is 13.2 Å². The number of hydrogen-bond donors (Lipinski definition) is 0. The van der Waals surface area contributed by atoms with Gasteiger partial charge in [-0.2, -0.15) is 0 Å². The zero-order chi connectivity index (χ0) is 21.9. The zero-order valence-corrected chi connectivity index (χ0v) is 18.2. The molecule has 0 bridgehead atoms. The van der Waals surface area contributed by atoms with E-state index in [1.807, 2.05) is 38.9 Å². The van der Waals surface area contributed by atoms with Gasteiger partial charge in [0.1, 0.15) is 12.0 Å². The number of nitrogens with zero attached hydrogens (tertiary/aromatic N) is 3. The number of amides is 2. The normalized spacial score (nSPS) is 17.2. The first-order valence-corrected chi connectivity index (χ1v) is 11.5. The second-order valence-electron chi connectivity index (χ2n) is 8.85. The molecule has 2 fully saturated rings. The molecular weight excluding hydrogens is 406 g/mol. The van der Waals surface area contributed by atoms with Gasteiger partial charge in [0.2, 0.25) is 11.2 Å². The third-order valence-electron chi connectivity index (χ3n) is 6.53. The molecule has 0 radical (unpaired) electrons. The fourth-order valence-corrected chi connectivity index (χ4v) is 4.65. The molecule has 0 unspecified atom stereocenters. The Hall–Kier alpha value is -3.22. The Kier molecular flexibility index (Phi) is 5.88. The number of likely N-dealkylation sites (tertiary alicyclic amines) is 2. The van der Waals surface area contributed by atoms with E-state index in [0.717, 1.165) is 62.6 Å². The quantitative estimate of drug-likeness (QED) is 0.609. The van der Waals surface area contributed by atoms with Crippen molar-refractivity contribution in [3.63, 3.8) is 0 Å². The molecule has 5 rings (SSSR count). The van der Waals surface area contributed by atoms with Crippen LogP contribution in [-0.2, 0) is 6.54 Å². The molecule has 2 aromatic heterocycles. The van der Waals surface area contributed by atoms with E-state index in [2.05, 4.69) is 12.1 Å².